The number of aliphatic carboxylic acids is 1. The summed E-state index contributed by atoms with van der Waals surface area (Å²) in [4.78, 5) is 25.5. The molecule has 9 nitrogen and oxygen atoms in total. The number of alkyl halides is 3. The fourth-order valence-electron chi connectivity index (χ4n) is 2.06. The van der Waals surface area contributed by atoms with Gasteiger partial charge in [-0.15, -0.1) is 0 Å². The van der Waals surface area contributed by atoms with Crippen LogP contribution in [-0.2, 0) is 14.8 Å². The van der Waals surface area contributed by atoms with Crippen molar-refractivity contribution in [1.82, 2.24) is 10.3 Å². The highest BCUT2D eigenvalue weighted by Crippen LogP contribution is 2.20. The van der Waals surface area contributed by atoms with Gasteiger partial charge in [0, 0.05) is 23.9 Å². The zero-order chi connectivity index (χ0) is 22.4. The van der Waals surface area contributed by atoms with Crippen molar-refractivity contribution < 1.29 is 41.0 Å². The molecule has 0 bridgehead atoms. The first kappa shape index (κ1) is 22.9. The van der Waals surface area contributed by atoms with E-state index in [0.717, 1.165) is 18.3 Å². The van der Waals surface area contributed by atoms with Crippen LogP contribution >= 0.6 is 0 Å². The third kappa shape index (κ3) is 7.24. The molecule has 0 unspecified atom stereocenters. The molecule has 0 fully saturated rings. The number of carboxylic acid groups (broad SMARTS) is 1. The quantitative estimate of drug-likeness (QED) is 0.535. The molecular weight excluding hydrogens is 431 g/mol. The summed E-state index contributed by atoms with van der Waals surface area (Å²) < 4.78 is 67.7. The van der Waals surface area contributed by atoms with Gasteiger partial charge >= 0.3 is 12.1 Å². The van der Waals surface area contributed by atoms with E-state index in [2.05, 4.69) is 19.8 Å². The molecule has 30 heavy (non-hydrogen) atoms. The predicted octanol–water partition coefficient (Wildman–Crippen LogP) is 2.03. The summed E-state index contributed by atoms with van der Waals surface area (Å²) in [5, 5.41) is 10.9. The number of sulfonamides is 1. The second-order valence-electron chi connectivity index (χ2n) is 5.82. The molecule has 0 saturated carbocycles. The van der Waals surface area contributed by atoms with E-state index in [0.29, 0.717) is 0 Å². The van der Waals surface area contributed by atoms with Gasteiger partial charge in [-0.3, -0.25) is 14.3 Å². The Morgan fingerprint density at radius 1 is 1.10 bits per heavy atom. The highest BCUT2D eigenvalue weighted by atomic mass is 32.2. The lowest BCUT2D eigenvalue weighted by Crippen LogP contribution is -2.25. The minimum atomic E-state index is -4.55. The van der Waals surface area contributed by atoms with E-state index < -0.39 is 34.7 Å². The van der Waals surface area contributed by atoms with Gasteiger partial charge in [-0.25, -0.2) is 13.4 Å². The van der Waals surface area contributed by atoms with Gasteiger partial charge in [0.15, 0.2) is 6.61 Å². The summed E-state index contributed by atoms with van der Waals surface area (Å²) in [7, 11) is -4.09. The summed E-state index contributed by atoms with van der Waals surface area (Å²) in [6, 6.07) is 7.33. The Bertz CT molecular complexity index is 993. The molecule has 0 spiro atoms. The Labute approximate surface area is 168 Å². The molecule has 0 radical (unpaired) electrons. The highest BCUT2D eigenvalue weighted by Gasteiger charge is 2.28. The molecule has 0 saturated heterocycles. The number of hydrogen-bond acceptors (Lipinski definition) is 6. The number of ether oxygens (including phenoxy) is 1. The van der Waals surface area contributed by atoms with Crippen molar-refractivity contribution in [2.24, 2.45) is 0 Å². The van der Waals surface area contributed by atoms with Crippen molar-refractivity contribution in [3.8, 4) is 5.88 Å². The number of benzene rings is 1. The fourth-order valence-corrected chi connectivity index (χ4v) is 3.06. The molecule has 3 N–H and O–H groups in total. The van der Waals surface area contributed by atoms with Crippen LogP contribution in [0.2, 0.25) is 0 Å². The van der Waals surface area contributed by atoms with Gasteiger partial charge in [-0.2, -0.15) is 13.2 Å². The van der Waals surface area contributed by atoms with Crippen molar-refractivity contribution in [2.45, 2.75) is 17.5 Å². The second-order valence-corrected chi connectivity index (χ2v) is 7.50. The number of anilines is 1. The van der Waals surface area contributed by atoms with Crippen LogP contribution in [-0.4, -0.2) is 49.7 Å². The number of aromatic nitrogens is 1. The minimum Gasteiger partial charge on any atom is -0.481 e. The minimum absolute atomic E-state index is 0.0573. The fraction of sp³-hybridized carbons (Fsp3) is 0.235. The molecule has 162 valence electrons. The highest BCUT2D eigenvalue weighted by molar-refractivity contribution is 7.92. The zero-order valence-electron chi connectivity index (χ0n) is 15.1. The lowest BCUT2D eigenvalue weighted by molar-refractivity contribution is -0.154. The molecule has 2 aromatic rings. The van der Waals surface area contributed by atoms with Gasteiger partial charge in [-0.05, 0) is 30.3 Å². The van der Waals surface area contributed by atoms with E-state index in [-0.39, 0.29) is 35.0 Å². The molecule has 1 aromatic carbocycles. The first-order valence-corrected chi connectivity index (χ1v) is 9.73. The number of pyridine rings is 1. The van der Waals surface area contributed by atoms with Crippen LogP contribution in [0.15, 0.2) is 47.5 Å². The number of rotatable bonds is 9. The number of carbonyl (C=O) groups is 2. The lowest BCUT2D eigenvalue weighted by atomic mass is 10.2. The summed E-state index contributed by atoms with van der Waals surface area (Å²) in [6.07, 6.45) is -3.94. The summed E-state index contributed by atoms with van der Waals surface area (Å²) >= 11 is 0. The maximum Gasteiger partial charge on any atom is 0.422 e. The first-order valence-electron chi connectivity index (χ1n) is 8.25. The standard InChI is InChI=1S/C17H16F3N3O6S/c18-17(19,20)10-29-14-6-5-13(9-22-14)30(27,28)23-12-3-1-11(2-4-12)16(26)21-8-7-15(24)25/h1-6,9,23H,7-8,10H2,(H,21,26)(H,24,25). The third-order valence-electron chi connectivity index (χ3n) is 3.43. The molecule has 13 heteroatoms. The molecule has 1 amide bonds. The summed E-state index contributed by atoms with van der Waals surface area (Å²) in [5.74, 6) is -1.97. The Morgan fingerprint density at radius 2 is 1.77 bits per heavy atom. The van der Waals surface area contributed by atoms with E-state index in [1.165, 1.54) is 24.3 Å². The van der Waals surface area contributed by atoms with Crippen LogP contribution in [0.1, 0.15) is 16.8 Å². The molecule has 1 aromatic heterocycles. The lowest BCUT2D eigenvalue weighted by Gasteiger charge is -2.10. The van der Waals surface area contributed by atoms with Gasteiger partial charge in [0.25, 0.3) is 15.9 Å². The summed E-state index contributed by atoms with van der Waals surface area (Å²) in [5.41, 5.74) is 0.311. The van der Waals surface area contributed by atoms with E-state index >= 15 is 0 Å². The molecule has 0 aliphatic carbocycles. The van der Waals surface area contributed by atoms with Crippen molar-refractivity contribution in [2.75, 3.05) is 17.9 Å². The average Bonchev–Trinajstić information content (AvgIpc) is 2.66. The number of carbonyl (C=O) groups excluding carboxylic acids is 1. The largest absolute Gasteiger partial charge is 0.481 e. The smallest absolute Gasteiger partial charge is 0.422 e. The molecule has 0 atom stereocenters. The van der Waals surface area contributed by atoms with Crippen LogP contribution in [0.5, 0.6) is 5.88 Å². The number of carboxylic acids is 1. The van der Waals surface area contributed by atoms with E-state index in [4.69, 9.17) is 5.11 Å². The Kier molecular flexibility index (Phi) is 7.21. The van der Waals surface area contributed by atoms with Crippen LogP contribution in [0.25, 0.3) is 0 Å². The number of halogens is 3. The maximum atomic E-state index is 12.3. The molecule has 0 aliphatic heterocycles. The molecule has 2 rings (SSSR count). The average molecular weight is 447 g/mol. The predicted molar refractivity (Wildman–Crippen MR) is 97.6 cm³/mol. The van der Waals surface area contributed by atoms with E-state index in [1.54, 1.807) is 0 Å². The van der Waals surface area contributed by atoms with Crippen LogP contribution < -0.4 is 14.8 Å². The molecule has 0 aliphatic rings. The van der Waals surface area contributed by atoms with Crippen LogP contribution in [0.4, 0.5) is 18.9 Å². The maximum absolute atomic E-state index is 12.3. The third-order valence-corrected chi connectivity index (χ3v) is 4.79. The topological polar surface area (TPSA) is 135 Å². The SMILES string of the molecule is O=C(O)CCNC(=O)c1ccc(NS(=O)(=O)c2ccc(OCC(F)(F)F)nc2)cc1. The Balaban J connectivity index is 1.99. The van der Waals surface area contributed by atoms with Crippen molar-refractivity contribution >= 4 is 27.6 Å². The van der Waals surface area contributed by atoms with E-state index in [9.17, 15) is 31.2 Å². The van der Waals surface area contributed by atoms with Crippen LogP contribution in [0.3, 0.4) is 0 Å². The van der Waals surface area contributed by atoms with Gasteiger partial charge in [0.1, 0.15) is 4.90 Å². The number of amides is 1. The first-order chi connectivity index (χ1) is 14.0. The molecular formula is C17H16F3N3O6S. The van der Waals surface area contributed by atoms with Crippen LogP contribution in [0, 0.1) is 0 Å². The number of nitrogens with zero attached hydrogens (tertiary/aromatic N) is 1. The Hall–Kier alpha value is -3.35. The van der Waals surface area contributed by atoms with Crippen molar-refractivity contribution in [3.63, 3.8) is 0 Å². The van der Waals surface area contributed by atoms with Gasteiger partial charge in [0.05, 0.1) is 12.6 Å². The second kappa shape index (κ2) is 9.43. The van der Waals surface area contributed by atoms with Gasteiger partial charge in [0.2, 0.25) is 5.88 Å². The van der Waals surface area contributed by atoms with Crippen molar-refractivity contribution in [3.05, 3.63) is 48.2 Å². The number of nitrogens with one attached hydrogen (secondary N) is 2. The number of hydrogen-bond donors (Lipinski definition) is 3. The Morgan fingerprint density at radius 3 is 2.30 bits per heavy atom. The molecule has 1 heterocycles. The zero-order valence-corrected chi connectivity index (χ0v) is 16.0. The monoisotopic (exact) mass is 447 g/mol. The van der Waals surface area contributed by atoms with Crippen molar-refractivity contribution in [1.29, 1.82) is 0 Å². The van der Waals surface area contributed by atoms with Gasteiger partial charge in [-0.1, -0.05) is 0 Å². The summed E-state index contributed by atoms with van der Waals surface area (Å²) in [6.45, 7) is -1.61. The van der Waals surface area contributed by atoms with E-state index in [1.807, 2.05) is 0 Å². The van der Waals surface area contributed by atoms with Gasteiger partial charge < -0.3 is 15.2 Å². The normalized spacial score (nSPS) is 11.6.